The van der Waals surface area contributed by atoms with E-state index in [1.54, 1.807) is 0 Å². The number of halogens is 1. The van der Waals surface area contributed by atoms with E-state index in [0.717, 1.165) is 38.8 Å². The highest BCUT2D eigenvalue weighted by Crippen LogP contribution is 2.17. The summed E-state index contributed by atoms with van der Waals surface area (Å²) in [7, 11) is 0. The van der Waals surface area contributed by atoms with Crippen LogP contribution >= 0.6 is 0 Å². The third-order valence-corrected chi connectivity index (χ3v) is 3.66. The topological polar surface area (TPSA) is 40.5 Å². The zero-order valence-corrected chi connectivity index (χ0v) is 12.1. The van der Waals surface area contributed by atoms with E-state index in [1.807, 2.05) is 4.90 Å². The number of nitrogens with zero attached hydrogens (tertiary/aromatic N) is 1. The fourth-order valence-corrected chi connectivity index (χ4v) is 2.56. The number of rotatable bonds is 1. The Balaban J connectivity index is 2.24. The molecule has 4 heteroatoms. The number of likely N-dealkylation sites (tertiary alicyclic amines) is 1. The highest BCUT2D eigenvalue weighted by atomic mass is 19.1. The Morgan fingerprint density at radius 3 is 2.52 bits per heavy atom. The highest BCUT2D eigenvalue weighted by molar-refractivity contribution is 5.96. The van der Waals surface area contributed by atoms with E-state index in [2.05, 4.69) is 11.8 Å². The van der Waals surface area contributed by atoms with Gasteiger partial charge in [-0.3, -0.25) is 4.79 Å². The zero-order chi connectivity index (χ0) is 15.1. The van der Waals surface area contributed by atoms with Gasteiger partial charge in [0.25, 0.3) is 5.91 Å². The van der Waals surface area contributed by atoms with Gasteiger partial charge < -0.3 is 10.0 Å². The molecule has 1 heterocycles. The summed E-state index contributed by atoms with van der Waals surface area (Å²) in [5.74, 6) is 4.62. The lowest BCUT2D eigenvalue weighted by Crippen LogP contribution is -2.34. The fourth-order valence-electron chi connectivity index (χ4n) is 2.56. The van der Waals surface area contributed by atoms with Gasteiger partial charge in [0.05, 0.1) is 5.56 Å². The van der Waals surface area contributed by atoms with Crippen LogP contribution in [-0.4, -0.2) is 35.6 Å². The minimum Gasteiger partial charge on any atom is -0.384 e. The summed E-state index contributed by atoms with van der Waals surface area (Å²) >= 11 is 0. The van der Waals surface area contributed by atoms with Gasteiger partial charge in [-0.05, 0) is 31.0 Å². The van der Waals surface area contributed by atoms with Gasteiger partial charge in [-0.2, -0.15) is 0 Å². The van der Waals surface area contributed by atoms with Gasteiger partial charge in [0.15, 0.2) is 0 Å². The Hall–Kier alpha value is -1.86. The third kappa shape index (κ3) is 4.30. The van der Waals surface area contributed by atoms with Crippen LogP contribution in [0.1, 0.15) is 48.0 Å². The Morgan fingerprint density at radius 1 is 1.19 bits per heavy atom. The second-order valence-electron chi connectivity index (χ2n) is 5.21. The molecule has 0 spiro atoms. The van der Waals surface area contributed by atoms with Gasteiger partial charge in [0, 0.05) is 18.7 Å². The van der Waals surface area contributed by atoms with Gasteiger partial charge in [-0.25, -0.2) is 4.39 Å². The SMILES string of the molecule is O=C(c1ccc(F)cc1C#CCO)N1CCCCCCC1. The van der Waals surface area contributed by atoms with Gasteiger partial charge in [-0.1, -0.05) is 31.1 Å². The van der Waals surface area contributed by atoms with Gasteiger partial charge in [-0.15, -0.1) is 0 Å². The number of carbonyl (C=O) groups excluding carboxylic acids is 1. The lowest BCUT2D eigenvalue weighted by Gasteiger charge is -2.25. The predicted molar refractivity (Wildman–Crippen MR) is 79.4 cm³/mol. The number of amides is 1. The molecule has 0 aromatic heterocycles. The minimum absolute atomic E-state index is 0.0980. The summed E-state index contributed by atoms with van der Waals surface area (Å²) in [5.41, 5.74) is 0.758. The molecule has 0 atom stereocenters. The maximum Gasteiger partial charge on any atom is 0.255 e. The quantitative estimate of drug-likeness (QED) is 0.807. The van der Waals surface area contributed by atoms with Crippen LogP contribution in [0.15, 0.2) is 18.2 Å². The molecule has 0 aliphatic carbocycles. The number of aliphatic hydroxyl groups excluding tert-OH is 1. The van der Waals surface area contributed by atoms with Crippen LogP contribution in [0.25, 0.3) is 0 Å². The van der Waals surface area contributed by atoms with E-state index < -0.39 is 5.82 Å². The lowest BCUT2D eigenvalue weighted by atomic mass is 10.0. The molecule has 1 aromatic rings. The van der Waals surface area contributed by atoms with Crippen molar-refractivity contribution in [3.63, 3.8) is 0 Å². The first-order valence-electron chi connectivity index (χ1n) is 7.41. The average molecular weight is 289 g/mol. The Kier molecular flexibility index (Phi) is 5.77. The monoisotopic (exact) mass is 289 g/mol. The fraction of sp³-hybridized carbons (Fsp3) is 0.471. The van der Waals surface area contributed by atoms with E-state index in [9.17, 15) is 9.18 Å². The zero-order valence-electron chi connectivity index (χ0n) is 12.1. The van der Waals surface area contributed by atoms with Crippen LogP contribution < -0.4 is 0 Å². The first-order valence-corrected chi connectivity index (χ1v) is 7.41. The number of hydrogen-bond donors (Lipinski definition) is 1. The third-order valence-electron chi connectivity index (χ3n) is 3.66. The van der Waals surface area contributed by atoms with E-state index in [1.165, 1.54) is 24.6 Å². The molecule has 1 aliphatic rings. The van der Waals surface area contributed by atoms with Crippen molar-refractivity contribution in [1.82, 2.24) is 4.90 Å². The number of aliphatic hydroxyl groups is 1. The molecule has 112 valence electrons. The van der Waals surface area contributed by atoms with E-state index in [4.69, 9.17) is 5.11 Å². The molecule has 1 N–H and O–H groups in total. The molecular formula is C17H20FNO2. The molecule has 0 bridgehead atoms. The van der Waals surface area contributed by atoms with Crippen molar-refractivity contribution in [2.24, 2.45) is 0 Å². The van der Waals surface area contributed by atoms with Gasteiger partial charge >= 0.3 is 0 Å². The summed E-state index contributed by atoms with van der Waals surface area (Å²) in [6.07, 6.45) is 5.52. The van der Waals surface area contributed by atoms with Crippen molar-refractivity contribution in [2.45, 2.75) is 32.1 Å². The van der Waals surface area contributed by atoms with E-state index in [0.29, 0.717) is 11.1 Å². The van der Waals surface area contributed by atoms with Crippen molar-refractivity contribution < 1.29 is 14.3 Å². The molecule has 0 radical (unpaired) electrons. The van der Waals surface area contributed by atoms with Crippen LogP contribution in [0.3, 0.4) is 0 Å². The molecule has 2 rings (SSSR count). The van der Waals surface area contributed by atoms with Crippen LogP contribution in [0.4, 0.5) is 4.39 Å². The maximum absolute atomic E-state index is 13.3. The number of benzene rings is 1. The second kappa shape index (κ2) is 7.80. The molecule has 3 nitrogen and oxygen atoms in total. The second-order valence-corrected chi connectivity index (χ2v) is 5.21. The first kappa shape index (κ1) is 15.5. The van der Waals surface area contributed by atoms with Crippen molar-refractivity contribution in [3.8, 4) is 11.8 Å². The predicted octanol–water partition coefficient (Wildman–Crippen LogP) is 2.58. The molecule has 1 saturated heterocycles. The van der Waals surface area contributed by atoms with Crippen LogP contribution in [-0.2, 0) is 0 Å². The average Bonchev–Trinajstić information content (AvgIpc) is 2.44. The Bertz CT molecular complexity index is 552. The summed E-state index contributed by atoms with van der Waals surface area (Å²) in [6.45, 7) is 1.17. The van der Waals surface area contributed by atoms with Gasteiger partial charge in [0.1, 0.15) is 12.4 Å². The van der Waals surface area contributed by atoms with Crippen LogP contribution in [0.5, 0.6) is 0 Å². The van der Waals surface area contributed by atoms with Crippen molar-refractivity contribution in [2.75, 3.05) is 19.7 Å². The lowest BCUT2D eigenvalue weighted by molar-refractivity contribution is 0.0742. The molecule has 21 heavy (non-hydrogen) atoms. The molecule has 0 saturated carbocycles. The van der Waals surface area contributed by atoms with E-state index >= 15 is 0 Å². The van der Waals surface area contributed by atoms with E-state index in [-0.39, 0.29) is 12.5 Å². The first-order chi connectivity index (χ1) is 10.2. The molecular weight excluding hydrogens is 269 g/mol. The van der Waals surface area contributed by atoms with Crippen molar-refractivity contribution >= 4 is 5.91 Å². The summed E-state index contributed by atoms with van der Waals surface area (Å²) < 4.78 is 13.3. The van der Waals surface area contributed by atoms with Gasteiger partial charge in [0.2, 0.25) is 0 Å². The summed E-state index contributed by atoms with van der Waals surface area (Å²) in [6, 6.07) is 4.01. The van der Waals surface area contributed by atoms with Crippen molar-refractivity contribution in [1.29, 1.82) is 0 Å². The smallest absolute Gasteiger partial charge is 0.255 e. The summed E-state index contributed by atoms with van der Waals surface area (Å²) in [5, 5.41) is 8.78. The maximum atomic E-state index is 13.3. The largest absolute Gasteiger partial charge is 0.384 e. The Morgan fingerprint density at radius 2 is 1.86 bits per heavy atom. The molecule has 1 amide bonds. The molecule has 1 aliphatic heterocycles. The number of hydrogen-bond acceptors (Lipinski definition) is 2. The highest BCUT2D eigenvalue weighted by Gasteiger charge is 2.19. The molecule has 1 fully saturated rings. The number of carbonyl (C=O) groups is 1. The Labute approximate surface area is 124 Å². The normalized spacial score (nSPS) is 15.6. The van der Waals surface area contributed by atoms with Crippen LogP contribution in [0.2, 0.25) is 0 Å². The standard InChI is InChI=1S/C17H20FNO2/c18-15-8-9-16(14(13-15)7-6-12-20)17(21)19-10-4-2-1-3-5-11-19/h8-9,13,20H,1-5,10-12H2. The van der Waals surface area contributed by atoms with Crippen LogP contribution in [0, 0.1) is 17.7 Å². The minimum atomic E-state index is -0.429. The molecule has 1 aromatic carbocycles. The summed E-state index contributed by atoms with van der Waals surface area (Å²) in [4.78, 5) is 14.5. The molecule has 0 unspecified atom stereocenters. The van der Waals surface area contributed by atoms with Crippen molar-refractivity contribution in [3.05, 3.63) is 35.1 Å².